The van der Waals surface area contributed by atoms with Gasteiger partial charge in [0, 0.05) is 17.3 Å². The van der Waals surface area contributed by atoms with Crippen molar-refractivity contribution in [2.24, 2.45) is 5.92 Å². The van der Waals surface area contributed by atoms with Crippen LogP contribution in [0.1, 0.15) is 64.3 Å². The van der Waals surface area contributed by atoms with Crippen molar-refractivity contribution in [3.8, 4) is 0 Å². The molecular formula is C18H26N2. The summed E-state index contributed by atoms with van der Waals surface area (Å²) in [4.78, 5) is 4.91. The van der Waals surface area contributed by atoms with Gasteiger partial charge in [0.2, 0.25) is 0 Å². The van der Waals surface area contributed by atoms with Gasteiger partial charge in [0.25, 0.3) is 0 Å². The van der Waals surface area contributed by atoms with Gasteiger partial charge >= 0.3 is 0 Å². The molecule has 3 rings (SSSR count). The molecule has 2 heterocycles. The molecule has 0 spiro atoms. The Morgan fingerprint density at radius 3 is 2.60 bits per heavy atom. The summed E-state index contributed by atoms with van der Waals surface area (Å²) in [6, 6.07) is 6.32. The highest BCUT2D eigenvalue weighted by Gasteiger charge is 2.26. The Morgan fingerprint density at radius 2 is 1.90 bits per heavy atom. The quantitative estimate of drug-likeness (QED) is 0.769. The van der Waals surface area contributed by atoms with E-state index in [1.807, 2.05) is 0 Å². The molecule has 2 aromatic heterocycles. The zero-order valence-corrected chi connectivity index (χ0v) is 13.0. The first-order valence-corrected chi connectivity index (χ1v) is 8.02. The van der Waals surface area contributed by atoms with E-state index in [9.17, 15) is 0 Å². The van der Waals surface area contributed by atoms with Gasteiger partial charge in [-0.1, -0.05) is 58.9 Å². The Bertz CT molecular complexity index is 583. The average Bonchev–Trinajstić information content (AvgIpc) is 2.79. The molecule has 2 nitrogen and oxygen atoms in total. The van der Waals surface area contributed by atoms with Crippen LogP contribution in [-0.4, -0.2) is 9.38 Å². The van der Waals surface area contributed by atoms with Crippen LogP contribution in [0.25, 0.3) is 5.65 Å². The van der Waals surface area contributed by atoms with Crippen LogP contribution in [0.2, 0.25) is 0 Å². The van der Waals surface area contributed by atoms with E-state index in [1.165, 1.54) is 49.9 Å². The fourth-order valence-electron chi connectivity index (χ4n) is 3.51. The summed E-state index contributed by atoms with van der Waals surface area (Å²) >= 11 is 0. The highest BCUT2D eigenvalue weighted by molar-refractivity contribution is 5.45. The van der Waals surface area contributed by atoms with E-state index in [1.54, 1.807) is 0 Å². The maximum atomic E-state index is 4.91. The third kappa shape index (κ3) is 2.61. The minimum absolute atomic E-state index is 0.121. The number of fused-ring (bicyclic) bond motifs is 1. The van der Waals surface area contributed by atoms with Crippen LogP contribution in [-0.2, 0) is 11.8 Å². The van der Waals surface area contributed by atoms with E-state index in [0.717, 1.165) is 11.6 Å². The second-order valence-corrected chi connectivity index (χ2v) is 7.29. The topological polar surface area (TPSA) is 17.3 Å². The highest BCUT2D eigenvalue weighted by atomic mass is 15.0. The highest BCUT2D eigenvalue weighted by Crippen LogP contribution is 2.32. The van der Waals surface area contributed by atoms with Crippen molar-refractivity contribution in [1.82, 2.24) is 9.38 Å². The molecule has 1 aliphatic carbocycles. The second kappa shape index (κ2) is 5.23. The van der Waals surface area contributed by atoms with Crippen molar-refractivity contribution in [2.75, 3.05) is 0 Å². The molecule has 0 unspecified atom stereocenters. The third-order valence-corrected chi connectivity index (χ3v) is 4.55. The Hall–Kier alpha value is -1.31. The summed E-state index contributed by atoms with van der Waals surface area (Å²) in [5.74, 6) is 0.852. The van der Waals surface area contributed by atoms with Gasteiger partial charge in [0.15, 0.2) is 0 Å². The molecule has 0 aromatic carbocycles. The summed E-state index contributed by atoms with van der Waals surface area (Å²) in [6.07, 6.45) is 10.4. The Balaban J connectivity index is 2.01. The number of imidazole rings is 1. The first kappa shape index (κ1) is 13.7. The van der Waals surface area contributed by atoms with E-state index < -0.39 is 0 Å². The lowest BCUT2D eigenvalue weighted by Crippen LogP contribution is -2.18. The molecule has 2 aromatic rings. The molecule has 0 N–H and O–H groups in total. The number of hydrogen-bond acceptors (Lipinski definition) is 1. The van der Waals surface area contributed by atoms with Crippen LogP contribution in [0.15, 0.2) is 24.4 Å². The summed E-state index contributed by atoms with van der Waals surface area (Å²) in [5.41, 5.74) is 3.95. The zero-order chi connectivity index (χ0) is 14.2. The van der Waals surface area contributed by atoms with E-state index in [-0.39, 0.29) is 5.41 Å². The predicted octanol–water partition coefficient (Wildman–Crippen LogP) is 4.75. The molecule has 1 fully saturated rings. The summed E-state index contributed by atoms with van der Waals surface area (Å²) in [6.45, 7) is 6.83. The zero-order valence-electron chi connectivity index (χ0n) is 13.0. The molecule has 0 atom stereocenters. The minimum atomic E-state index is 0.121. The van der Waals surface area contributed by atoms with E-state index in [0.29, 0.717) is 0 Å². The average molecular weight is 270 g/mol. The molecule has 20 heavy (non-hydrogen) atoms. The SMILES string of the molecule is CC(C)(C)c1nc2ccccn2c1CC1CCCCC1. The van der Waals surface area contributed by atoms with Gasteiger partial charge in [0.1, 0.15) is 5.65 Å². The Labute approximate surface area is 122 Å². The van der Waals surface area contributed by atoms with E-state index in [2.05, 4.69) is 49.6 Å². The van der Waals surface area contributed by atoms with Gasteiger partial charge in [-0.15, -0.1) is 0 Å². The molecule has 0 bridgehead atoms. The normalized spacial score (nSPS) is 17.8. The van der Waals surface area contributed by atoms with Crippen LogP contribution in [0.5, 0.6) is 0 Å². The Morgan fingerprint density at radius 1 is 1.15 bits per heavy atom. The molecule has 0 radical (unpaired) electrons. The van der Waals surface area contributed by atoms with Crippen LogP contribution < -0.4 is 0 Å². The molecule has 2 heteroatoms. The van der Waals surface area contributed by atoms with Crippen LogP contribution in [0, 0.1) is 5.92 Å². The van der Waals surface area contributed by atoms with Crippen molar-refractivity contribution in [3.05, 3.63) is 35.8 Å². The van der Waals surface area contributed by atoms with E-state index >= 15 is 0 Å². The van der Waals surface area contributed by atoms with Gasteiger partial charge in [-0.2, -0.15) is 0 Å². The Kier molecular flexibility index (Phi) is 3.57. The van der Waals surface area contributed by atoms with Gasteiger partial charge < -0.3 is 4.40 Å². The van der Waals surface area contributed by atoms with Crippen molar-refractivity contribution < 1.29 is 0 Å². The van der Waals surface area contributed by atoms with Gasteiger partial charge in [0.05, 0.1) is 5.69 Å². The van der Waals surface area contributed by atoms with Crippen LogP contribution in [0.4, 0.5) is 0 Å². The van der Waals surface area contributed by atoms with Crippen LogP contribution >= 0.6 is 0 Å². The standard InChI is InChI=1S/C18H26N2/c1-18(2,3)17-15(13-14-9-5-4-6-10-14)20-12-8-7-11-16(20)19-17/h7-8,11-12,14H,4-6,9-10,13H2,1-3H3. The van der Waals surface area contributed by atoms with E-state index in [4.69, 9.17) is 4.98 Å². The molecule has 0 amide bonds. The minimum Gasteiger partial charge on any atom is -0.304 e. The van der Waals surface area contributed by atoms with Crippen molar-refractivity contribution in [2.45, 2.75) is 64.7 Å². The largest absolute Gasteiger partial charge is 0.304 e. The number of hydrogen-bond donors (Lipinski definition) is 0. The number of aromatic nitrogens is 2. The monoisotopic (exact) mass is 270 g/mol. The first-order chi connectivity index (χ1) is 9.55. The fourth-order valence-corrected chi connectivity index (χ4v) is 3.51. The summed E-state index contributed by atoms with van der Waals surface area (Å²) in [7, 11) is 0. The van der Waals surface area contributed by atoms with Gasteiger partial charge in [-0.25, -0.2) is 4.98 Å². The smallest absolute Gasteiger partial charge is 0.137 e. The second-order valence-electron chi connectivity index (χ2n) is 7.29. The van der Waals surface area contributed by atoms with Gasteiger partial charge in [-0.05, 0) is 24.5 Å². The lowest BCUT2D eigenvalue weighted by Gasteiger charge is -2.24. The van der Waals surface area contributed by atoms with Crippen molar-refractivity contribution in [3.63, 3.8) is 0 Å². The number of rotatable bonds is 2. The molecular weight excluding hydrogens is 244 g/mol. The van der Waals surface area contributed by atoms with Crippen molar-refractivity contribution in [1.29, 1.82) is 0 Å². The predicted molar refractivity (Wildman–Crippen MR) is 84.2 cm³/mol. The molecule has 0 saturated heterocycles. The lowest BCUT2D eigenvalue weighted by molar-refractivity contribution is 0.351. The number of pyridine rings is 1. The van der Waals surface area contributed by atoms with Crippen molar-refractivity contribution >= 4 is 5.65 Å². The summed E-state index contributed by atoms with van der Waals surface area (Å²) < 4.78 is 2.31. The number of nitrogens with zero attached hydrogens (tertiary/aromatic N) is 2. The van der Waals surface area contributed by atoms with Gasteiger partial charge in [-0.3, -0.25) is 0 Å². The fraction of sp³-hybridized carbons (Fsp3) is 0.611. The molecule has 108 valence electrons. The summed E-state index contributed by atoms with van der Waals surface area (Å²) in [5, 5.41) is 0. The first-order valence-electron chi connectivity index (χ1n) is 8.02. The maximum absolute atomic E-state index is 4.91. The molecule has 1 saturated carbocycles. The molecule has 0 aliphatic heterocycles. The molecule has 1 aliphatic rings. The van der Waals surface area contributed by atoms with Crippen LogP contribution in [0.3, 0.4) is 0 Å². The lowest BCUT2D eigenvalue weighted by atomic mass is 9.83. The maximum Gasteiger partial charge on any atom is 0.137 e. The third-order valence-electron chi connectivity index (χ3n) is 4.55.